The summed E-state index contributed by atoms with van der Waals surface area (Å²) < 4.78 is 0. The minimum atomic E-state index is -0.882. The van der Waals surface area contributed by atoms with E-state index in [4.69, 9.17) is 5.11 Å². The number of carboxylic acid groups (broad SMARTS) is 1. The third-order valence-corrected chi connectivity index (χ3v) is 4.02. The standard InChI is InChI=1S/C16H21NO3/c1-12(13-6-3-2-4-7-13)9-10-15(18)17-11-5-8-14(17)16(19)20/h2-4,6-7,12,14H,5,8-11H2,1H3,(H,19,20). The lowest BCUT2D eigenvalue weighted by Crippen LogP contribution is -2.40. The average Bonchev–Trinajstić information content (AvgIpc) is 2.95. The Balaban J connectivity index is 1.87. The first-order valence-electron chi connectivity index (χ1n) is 7.17. The number of likely N-dealkylation sites (tertiary alicyclic amines) is 1. The maximum Gasteiger partial charge on any atom is 0.326 e. The molecule has 1 aliphatic heterocycles. The van der Waals surface area contributed by atoms with Crippen LogP contribution in [0.25, 0.3) is 0 Å². The summed E-state index contributed by atoms with van der Waals surface area (Å²) in [6.07, 6.45) is 2.54. The maximum atomic E-state index is 12.2. The molecule has 0 spiro atoms. The van der Waals surface area contributed by atoms with E-state index in [-0.39, 0.29) is 5.91 Å². The molecule has 1 aromatic rings. The first-order chi connectivity index (χ1) is 9.59. The molecule has 0 saturated carbocycles. The van der Waals surface area contributed by atoms with Crippen LogP contribution in [0.15, 0.2) is 30.3 Å². The van der Waals surface area contributed by atoms with Gasteiger partial charge in [-0.25, -0.2) is 4.79 Å². The maximum absolute atomic E-state index is 12.2. The summed E-state index contributed by atoms with van der Waals surface area (Å²) in [5.41, 5.74) is 1.22. The largest absolute Gasteiger partial charge is 0.480 e. The van der Waals surface area contributed by atoms with E-state index >= 15 is 0 Å². The molecule has 1 aromatic carbocycles. The Morgan fingerprint density at radius 1 is 1.35 bits per heavy atom. The quantitative estimate of drug-likeness (QED) is 0.898. The number of hydrogen-bond donors (Lipinski definition) is 1. The Kier molecular flexibility index (Phi) is 4.77. The van der Waals surface area contributed by atoms with Crippen LogP contribution in [0.3, 0.4) is 0 Å². The summed E-state index contributed by atoms with van der Waals surface area (Å²) in [6, 6.07) is 9.47. The number of carbonyl (C=O) groups is 2. The van der Waals surface area contributed by atoms with Crippen molar-refractivity contribution in [2.24, 2.45) is 0 Å². The van der Waals surface area contributed by atoms with Crippen molar-refractivity contribution >= 4 is 11.9 Å². The fourth-order valence-electron chi connectivity index (χ4n) is 2.75. The molecule has 0 bridgehead atoms. The molecule has 1 aliphatic rings. The smallest absolute Gasteiger partial charge is 0.326 e. The highest BCUT2D eigenvalue weighted by atomic mass is 16.4. The van der Waals surface area contributed by atoms with E-state index in [0.29, 0.717) is 25.3 Å². The van der Waals surface area contributed by atoms with E-state index in [1.54, 1.807) is 0 Å². The lowest BCUT2D eigenvalue weighted by molar-refractivity contribution is -0.148. The summed E-state index contributed by atoms with van der Waals surface area (Å²) >= 11 is 0. The monoisotopic (exact) mass is 275 g/mol. The number of carbonyl (C=O) groups excluding carboxylic acids is 1. The number of benzene rings is 1. The van der Waals surface area contributed by atoms with Crippen LogP contribution in [-0.4, -0.2) is 34.5 Å². The highest BCUT2D eigenvalue weighted by Gasteiger charge is 2.33. The summed E-state index contributed by atoms with van der Waals surface area (Å²) in [6.45, 7) is 2.68. The van der Waals surface area contributed by atoms with Crippen LogP contribution >= 0.6 is 0 Å². The molecule has 2 unspecified atom stereocenters. The second-order valence-electron chi connectivity index (χ2n) is 5.43. The molecule has 0 radical (unpaired) electrons. The van der Waals surface area contributed by atoms with Gasteiger partial charge < -0.3 is 10.0 Å². The third kappa shape index (κ3) is 3.38. The van der Waals surface area contributed by atoms with Crippen molar-refractivity contribution in [3.05, 3.63) is 35.9 Å². The van der Waals surface area contributed by atoms with E-state index in [9.17, 15) is 9.59 Å². The van der Waals surface area contributed by atoms with E-state index in [1.807, 2.05) is 18.2 Å². The zero-order valence-corrected chi connectivity index (χ0v) is 11.8. The van der Waals surface area contributed by atoms with Crippen LogP contribution in [0.5, 0.6) is 0 Å². The lowest BCUT2D eigenvalue weighted by atomic mass is 9.96. The number of nitrogens with zero attached hydrogens (tertiary/aromatic N) is 1. The van der Waals surface area contributed by atoms with E-state index in [1.165, 1.54) is 10.5 Å². The molecule has 1 amide bonds. The van der Waals surface area contributed by atoms with Crippen molar-refractivity contribution in [2.45, 2.75) is 44.6 Å². The Labute approximate surface area is 119 Å². The van der Waals surface area contributed by atoms with Gasteiger partial charge in [0.1, 0.15) is 6.04 Å². The van der Waals surface area contributed by atoms with Crippen LogP contribution in [0.2, 0.25) is 0 Å². The highest BCUT2D eigenvalue weighted by molar-refractivity contribution is 5.84. The summed E-state index contributed by atoms with van der Waals surface area (Å²) in [4.78, 5) is 24.8. The Hall–Kier alpha value is -1.84. The average molecular weight is 275 g/mol. The van der Waals surface area contributed by atoms with Gasteiger partial charge >= 0.3 is 5.97 Å². The topological polar surface area (TPSA) is 57.6 Å². The molecule has 2 atom stereocenters. The summed E-state index contributed by atoms with van der Waals surface area (Å²) in [5, 5.41) is 9.09. The van der Waals surface area contributed by atoms with Crippen molar-refractivity contribution in [1.29, 1.82) is 0 Å². The van der Waals surface area contributed by atoms with E-state index < -0.39 is 12.0 Å². The van der Waals surface area contributed by atoms with E-state index in [0.717, 1.165) is 12.8 Å². The molecule has 1 heterocycles. The minimum absolute atomic E-state index is 0.0299. The zero-order chi connectivity index (χ0) is 14.5. The van der Waals surface area contributed by atoms with E-state index in [2.05, 4.69) is 19.1 Å². The first kappa shape index (κ1) is 14.6. The van der Waals surface area contributed by atoms with Crippen LogP contribution in [0, 0.1) is 0 Å². The molecule has 20 heavy (non-hydrogen) atoms. The molecule has 1 saturated heterocycles. The molecular weight excluding hydrogens is 254 g/mol. The molecular formula is C16H21NO3. The van der Waals surface area contributed by atoms with Gasteiger partial charge in [0.05, 0.1) is 0 Å². The molecule has 108 valence electrons. The van der Waals surface area contributed by atoms with Gasteiger partial charge in [-0.3, -0.25) is 4.79 Å². The molecule has 1 N–H and O–H groups in total. The number of carboxylic acids is 1. The first-order valence-corrected chi connectivity index (χ1v) is 7.17. The Morgan fingerprint density at radius 2 is 2.05 bits per heavy atom. The zero-order valence-electron chi connectivity index (χ0n) is 11.8. The van der Waals surface area contributed by atoms with Gasteiger partial charge in [-0.1, -0.05) is 37.3 Å². The summed E-state index contributed by atoms with van der Waals surface area (Å²) in [5.74, 6) is -0.601. The van der Waals surface area contributed by atoms with Gasteiger partial charge in [-0.15, -0.1) is 0 Å². The van der Waals surface area contributed by atoms with Crippen molar-refractivity contribution in [3.63, 3.8) is 0 Å². The molecule has 4 nitrogen and oxygen atoms in total. The molecule has 4 heteroatoms. The fourth-order valence-corrected chi connectivity index (χ4v) is 2.75. The molecule has 0 aromatic heterocycles. The number of rotatable bonds is 5. The van der Waals surface area contributed by atoms with Gasteiger partial charge in [0.25, 0.3) is 0 Å². The van der Waals surface area contributed by atoms with Crippen molar-refractivity contribution in [2.75, 3.05) is 6.54 Å². The molecule has 0 aliphatic carbocycles. The van der Waals surface area contributed by atoms with Gasteiger partial charge in [0.15, 0.2) is 0 Å². The number of amides is 1. The van der Waals surface area contributed by atoms with Gasteiger partial charge in [-0.05, 0) is 30.7 Å². The normalized spacial score (nSPS) is 19.9. The van der Waals surface area contributed by atoms with Crippen LogP contribution in [-0.2, 0) is 9.59 Å². The van der Waals surface area contributed by atoms with Crippen molar-refractivity contribution in [1.82, 2.24) is 4.90 Å². The highest BCUT2D eigenvalue weighted by Crippen LogP contribution is 2.23. The predicted octanol–water partition coefficient (Wildman–Crippen LogP) is 2.65. The van der Waals surface area contributed by atoms with Gasteiger partial charge in [-0.2, -0.15) is 0 Å². The van der Waals surface area contributed by atoms with Crippen LogP contribution < -0.4 is 0 Å². The lowest BCUT2D eigenvalue weighted by Gasteiger charge is -2.22. The summed E-state index contributed by atoms with van der Waals surface area (Å²) in [7, 11) is 0. The van der Waals surface area contributed by atoms with Crippen molar-refractivity contribution in [3.8, 4) is 0 Å². The van der Waals surface area contributed by atoms with Gasteiger partial charge in [0.2, 0.25) is 5.91 Å². The van der Waals surface area contributed by atoms with Crippen LogP contribution in [0.1, 0.15) is 44.1 Å². The number of aliphatic carboxylic acids is 1. The van der Waals surface area contributed by atoms with Crippen LogP contribution in [0.4, 0.5) is 0 Å². The Bertz CT molecular complexity index is 472. The minimum Gasteiger partial charge on any atom is -0.480 e. The number of hydrogen-bond acceptors (Lipinski definition) is 2. The van der Waals surface area contributed by atoms with Gasteiger partial charge in [0, 0.05) is 13.0 Å². The second-order valence-corrected chi connectivity index (χ2v) is 5.43. The predicted molar refractivity (Wildman–Crippen MR) is 76.5 cm³/mol. The third-order valence-electron chi connectivity index (χ3n) is 4.02. The van der Waals surface area contributed by atoms with Crippen molar-refractivity contribution < 1.29 is 14.7 Å². The SMILES string of the molecule is CC(CCC(=O)N1CCCC1C(=O)O)c1ccccc1. The second kappa shape index (κ2) is 6.55. The molecule has 2 rings (SSSR count). The fraction of sp³-hybridized carbons (Fsp3) is 0.500. The Morgan fingerprint density at radius 3 is 2.70 bits per heavy atom. The molecule has 1 fully saturated rings.